The first-order chi connectivity index (χ1) is 8.76. The molecular weight excluding hydrogens is 226 g/mol. The van der Waals surface area contributed by atoms with Crippen molar-refractivity contribution in [1.29, 1.82) is 0 Å². The third kappa shape index (κ3) is 5.82. The first kappa shape index (κ1) is 14.7. The van der Waals surface area contributed by atoms with E-state index in [1.807, 2.05) is 30.3 Å². The van der Waals surface area contributed by atoms with Gasteiger partial charge in [-0.3, -0.25) is 4.79 Å². The fraction of sp³-hybridized carbons (Fsp3) is 0.533. The van der Waals surface area contributed by atoms with Crippen LogP contribution in [0.5, 0.6) is 0 Å². The number of hydrogen-bond donors (Lipinski definition) is 2. The van der Waals surface area contributed by atoms with Crippen molar-refractivity contribution in [3.8, 4) is 0 Å². The Bertz CT molecular complexity index is 338. The van der Waals surface area contributed by atoms with Crippen molar-refractivity contribution in [2.45, 2.75) is 32.6 Å². The van der Waals surface area contributed by atoms with E-state index in [-0.39, 0.29) is 12.5 Å². The monoisotopic (exact) mass is 249 g/mol. The highest BCUT2D eigenvalue weighted by Gasteiger charge is 2.08. The summed E-state index contributed by atoms with van der Waals surface area (Å²) in [7, 11) is 0. The van der Waals surface area contributed by atoms with Gasteiger partial charge in [-0.25, -0.2) is 0 Å². The minimum Gasteiger partial charge on any atom is -0.396 e. The first-order valence-electron chi connectivity index (χ1n) is 6.67. The minimum atomic E-state index is 0.0928. The average molecular weight is 249 g/mol. The summed E-state index contributed by atoms with van der Waals surface area (Å²) < 4.78 is 0. The van der Waals surface area contributed by atoms with Crippen LogP contribution in [0.25, 0.3) is 0 Å². The van der Waals surface area contributed by atoms with Crippen LogP contribution < -0.4 is 5.32 Å². The average Bonchev–Trinajstić information content (AvgIpc) is 2.42. The van der Waals surface area contributed by atoms with Crippen molar-refractivity contribution >= 4 is 5.91 Å². The summed E-state index contributed by atoms with van der Waals surface area (Å²) in [6, 6.07) is 10.0. The quantitative estimate of drug-likeness (QED) is 0.741. The normalized spacial score (nSPS) is 12.1. The highest BCUT2D eigenvalue weighted by Crippen LogP contribution is 2.06. The van der Waals surface area contributed by atoms with E-state index in [2.05, 4.69) is 12.2 Å². The molecule has 0 heterocycles. The van der Waals surface area contributed by atoms with E-state index in [4.69, 9.17) is 5.11 Å². The lowest BCUT2D eigenvalue weighted by Gasteiger charge is -2.14. The number of amides is 1. The molecule has 0 bridgehead atoms. The van der Waals surface area contributed by atoms with Crippen LogP contribution in [0.15, 0.2) is 30.3 Å². The van der Waals surface area contributed by atoms with Crippen LogP contribution in [0.3, 0.4) is 0 Å². The second-order valence-corrected chi connectivity index (χ2v) is 4.58. The number of hydrogen-bond acceptors (Lipinski definition) is 2. The third-order valence-electron chi connectivity index (χ3n) is 3.19. The number of aliphatic hydroxyl groups excluding tert-OH is 1. The molecule has 0 radical (unpaired) electrons. The van der Waals surface area contributed by atoms with Gasteiger partial charge in [0.05, 0.1) is 0 Å². The van der Waals surface area contributed by atoms with E-state index in [9.17, 15) is 4.79 Å². The van der Waals surface area contributed by atoms with Gasteiger partial charge in [-0.1, -0.05) is 43.7 Å². The van der Waals surface area contributed by atoms with Gasteiger partial charge in [-0.2, -0.15) is 0 Å². The summed E-state index contributed by atoms with van der Waals surface area (Å²) in [6.07, 6.45) is 3.05. The van der Waals surface area contributed by atoms with Gasteiger partial charge in [0.15, 0.2) is 0 Å². The van der Waals surface area contributed by atoms with Crippen molar-refractivity contribution in [3.63, 3.8) is 0 Å². The van der Waals surface area contributed by atoms with Crippen LogP contribution in [0.2, 0.25) is 0 Å². The summed E-state index contributed by atoms with van der Waals surface area (Å²) in [5.41, 5.74) is 1.19. The number of nitrogens with one attached hydrogen (secondary N) is 1. The molecule has 1 unspecified atom stereocenters. The Labute approximate surface area is 109 Å². The molecule has 0 aliphatic heterocycles. The predicted octanol–water partition coefficient (Wildman–Crippen LogP) is 2.14. The molecule has 0 saturated heterocycles. The van der Waals surface area contributed by atoms with Crippen molar-refractivity contribution in [2.24, 2.45) is 5.92 Å². The Morgan fingerprint density at radius 1 is 1.33 bits per heavy atom. The van der Waals surface area contributed by atoms with E-state index in [0.29, 0.717) is 18.9 Å². The molecule has 100 valence electrons. The molecule has 1 aromatic rings. The number of carbonyl (C=O) groups is 1. The van der Waals surface area contributed by atoms with E-state index in [1.54, 1.807) is 0 Å². The SMILES string of the molecule is CCC(CCO)CNC(=O)CCc1ccccc1. The molecule has 0 spiro atoms. The Morgan fingerprint density at radius 2 is 2.06 bits per heavy atom. The van der Waals surface area contributed by atoms with Crippen LogP contribution in [0.4, 0.5) is 0 Å². The van der Waals surface area contributed by atoms with Crippen molar-refractivity contribution in [1.82, 2.24) is 5.32 Å². The lowest BCUT2D eigenvalue weighted by atomic mass is 10.0. The summed E-state index contributed by atoms with van der Waals surface area (Å²) >= 11 is 0. The van der Waals surface area contributed by atoms with Gasteiger partial charge < -0.3 is 10.4 Å². The lowest BCUT2D eigenvalue weighted by molar-refractivity contribution is -0.121. The van der Waals surface area contributed by atoms with Gasteiger partial charge >= 0.3 is 0 Å². The Balaban J connectivity index is 2.21. The highest BCUT2D eigenvalue weighted by molar-refractivity contribution is 5.76. The molecule has 0 saturated carbocycles. The number of benzene rings is 1. The van der Waals surface area contributed by atoms with Crippen LogP contribution in [0, 0.1) is 5.92 Å². The third-order valence-corrected chi connectivity index (χ3v) is 3.19. The van der Waals surface area contributed by atoms with Gasteiger partial charge in [-0.15, -0.1) is 0 Å². The molecule has 1 aromatic carbocycles. The second kappa shape index (κ2) is 8.70. The van der Waals surface area contributed by atoms with Crippen LogP contribution >= 0.6 is 0 Å². The standard InChI is InChI=1S/C15H23NO2/c1-2-13(10-11-17)12-16-15(18)9-8-14-6-4-3-5-7-14/h3-7,13,17H,2,8-12H2,1H3,(H,16,18). The zero-order valence-electron chi connectivity index (χ0n) is 11.1. The summed E-state index contributed by atoms with van der Waals surface area (Å²) in [6.45, 7) is 2.94. The first-order valence-corrected chi connectivity index (χ1v) is 6.67. The van der Waals surface area contributed by atoms with E-state index >= 15 is 0 Å². The van der Waals surface area contributed by atoms with Crippen LogP contribution in [-0.2, 0) is 11.2 Å². The van der Waals surface area contributed by atoms with E-state index in [0.717, 1.165) is 19.3 Å². The smallest absolute Gasteiger partial charge is 0.220 e. The zero-order chi connectivity index (χ0) is 13.2. The predicted molar refractivity (Wildman–Crippen MR) is 73.3 cm³/mol. The molecule has 1 rings (SSSR count). The lowest BCUT2D eigenvalue weighted by Crippen LogP contribution is -2.29. The number of rotatable bonds is 8. The molecule has 2 N–H and O–H groups in total. The number of aryl methyl sites for hydroxylation is 1. The largest absolute Gasteiger partial charge is 0.396 e. The molecular formula is C15H23NO2. The fourth-order valence-electron chi connectivity index (χ4n) is 1.88. The maximum atomic E-state index is 11.7. The van der Waals surface area contributed by atoms with Crippen molar-refractivity contribution < 1.29 is 9.90 Å². The Morgan fingerprint density at radius 3 is 2.67 bits per heavy atom. The van der Waals surface area contributed by atoms with Crippen LogP contribution in [-0.4, -0.2) is 24.2 Å². The molecule has 1 amide bonds. The topological polar surface area (TPSA) is 49.3 Å². The zero-order valence-corrected chi connectivity index (χ0v) is 11.1. The van der Waals surface area contributed by atoms with E-state index in [1.165, 1.54) is 5.56 Å². The Kier molecular flexibility index (Phi) is 7.11. The van der Waals surface area contributed by atoms with Gasteiger partial charge in [-0.05, 0) is 24.3 Å². The number of aliphatic hydroxyl groups is 1. The highest BCUT2D eigenvalue weighted by atomic mass is 16.3. The van der Waals surface area contributed by atoms with Crippen molar-refractivity contribution in [2.75, 3.05) is 13.2 Å². The van der Waals surface area contributed by atoms with Gasteiger partial charge in [0.2, 0.25) is 5.91 Å². The second-order valence-electron chi connectivity index (χ2n) is 4.58. The maximum Gasteiger partial charge on any atom is 0.220 e. The molecule has 0 aliphatic carbocycles. The van der Waals surface area contributed by atoms with Crippen LogP contribution in [0.1, 0.15) is 31.7 Å². The molecule has 0 aliphatic rings. The van der Waals surface area contributed by atoms with Gasteiger partial charge in [0.25, 0.3) is 0 Å². The molecule has 3 heteroatoms. The maximum absolute atomic E-state index is 11.7. The Hall–Kier alpha value is -1.35. The van der Waals surface area contributed by atoms with Crippen molar-refractivity contribution in [3.05, 3.63) is 35.9 Å². The summed E-state index contributed by atoms with van der Waals surface area (Å²) in [4.78, 5) is 11.7. The van der Waals surface area contributed by atoms with Gasteiger partial charge in [0.1, 0.15) is 0 Å². The molecule has 0 fully saturated rings. The molecule has 3 nitrogen and oxygen atoms in total. The molecule has 18 heavy (non-hydrogen) atoms. The molecule has 0 aromatic heterocycles. The van der Waals surface area contributed by atoms with E-state index < -0.39 is 0 Å². The minimum absolute atomic E-state index is 0.0928. The summed E-state index contributed by atoms with van der Waals surface area (Å²) in [5, 5.41) is 11.8. The molecule has 1 atom stereocenters. The number of carbonyl (C=O) groups excluding carboxylic acids is 1. The summed E-state index contributed by atoms with van der Waals surface area (Å²) in [5.74, 6) is 0.478. The van der Waals surface area contributed by atoms with Gasteiger partial charge in [0, 0.05) is 19.6 Å². The fourth-order valence-corrected chi connectivity index (χ4v) is 1.88.